The van der Waals surface area contributed by atoms with Crippen LogP contribution in [0.1, 0.15) is 25.3 Å². The molecule has 7 nitrogen and oxygen atoms in total. The zero-order chi connectivity index (χ0) is 19.3. The van der Waals surface area contributed by atoms with E-state index in [1.807, 2.05) is 0 Å². The zero-order valence-electron chi connectivity index (χ0n) is 15.0. The summed E-state index contributed by atoms with van der Waals surface area (Å²) in [5.41, 5.74) is -0.833. The fourth-order valence-electron chi connectivity index (χ4n) is 2.60. The molecule has 0 amide bonds. The molecule has 0 saturated heterocycles. The minimum atomic E-state index is -1.16. The summed E-state index contributed by atoms with van der Waals surface area (Å²) in [6.45, 7) is 1.87. The highest BCUT2D eigenvalue weighted by molar-refractivity contribution is 6.33. The molecular weight excluding hydrogens is 364 g/mol. The highest BCUT2D eigenvalue weighted by Crippen LogP contribution is 2.46. The normalized spacial score (nSPS) is 19.9. The van der Waals surface area contributed by atoms with Crippen molar-refractivity contribution < 1.29 is 34.0 Å². The molecule has 0 fully saturated rings. The molecule has 0 unspecified atom stereocenters. The highest BCUT2D eigenvalue weighted by atomic mass is 35.5. The van der Waals surface area contributed by atoms with Crippen molar-refractivity contribution in [3.8, 4) is 17.2 Å². The Morgan fingerprint density at radius 2 is 2.00 bits per heavy atom. The predicted octanol–water partition coefficient (Wildman–Crippen LogP) is 2.81. The third-order valence-corrected chi connectivity index (χ3v) is 4.55. The number of allylic oxidation sites excluding steroid dienone is 1. The number of hydrogen-bond acceptors (Lipinski definition) is 7. The SMILES string of the molecule is COCCOc1cc(OC)c(CO)c(O[C@@]2(C)CCC(=O)C=C2O)c1Cl. The fraction of sp³-hybridized carbons (Fsp3) is 0.500. The summed E-state index contributed by atoms with van der Waals surface area (Å²) in [7, 11) is 3.00. The van der Waals surface area contributed by atoms with Gasteiger partial charge in [0.05, 0.1) is 25.9 Å². The van der Waals surface area contributed by atoms with Crippen molar-refractivity contribution in [3.05, 3.63) is 28.5 Å². The average molecular weight is 387 g/mol. The van der Waals surface area contributed by atoms with Crippen molar-refractivity contribution in [1.82, 2.24) is 0 Å². The molecule has 26 heavy (non-hydrogen) atoms. The molecule has 1 aromatic rings. The first kappa shape index (κ1) is 20.4. The van der Waals surface area contributed by atoms with Crippen LogP contribution in [-0.2, 0) is 16.1 Å². The summed E-state index contributed by atoms with van der Waals surface area (Å²) in [5.74, 6) is 0.396. The maximum absolute atomic E-state index is 11.5. The van der Waals surface area contributed by atoms with E-state index in [0.717, 1.165) is 6.08 Å². The molecule has 1 aromatic carbocycles. The summed E-state index contributed by atoms with van der Waals surface area (Å²) in [6.07, 6.45) is 1.65. The molecule has 8 heteroatoms. The molecule has 1 aliphatic rings. The molecule has 0 aromatic heterocycles. The van der Waals surface area contributed by atoms with E-state index in [0.29, 0.717) is 23.7 Å². The van der Waals surface area contributed by atoms with Crippen LogP contribution in [0.2, 0.25) is 5.02 Å². The second kappa shape index (κ2) is 8.62. The summed E-state index contributed by atoms with van der Waals surface area (Å²) >= 11 is 6.43. The van der Waals surface area contributed by atoms with Crippen molar-refractivity contribution >= 4 is 17.4 Å². The van der Waals surface area contributed by atoms with Gasteiger partial charge in [-0.05, 0) is 6.92 Å². The number of halogens is 1. The van der Waals surface area contributed by atoms with Gasteiger partial charge in [-0.1, -0.05) is 11.6 Å². The lowest BCUT2D eigenvalue weighted by Gasteiger charge is -2.33. The quantitative estimate of drug-likeness (QED) is 0.663. The number of ketones is 1. The number of carbonyl (C=O) groups excluding carboxylic acids is 1. The lowest BCUT2D eigenvalue weighted by atomic mass is 9.90. The monoisotopic (exact) mass is 386 g/mol. The molecule has 0 heterocycles. The van der Waals surface area contributed by atoms with Gasteiger partial charge in [0.1, 0.15) is 28.9 Å². The minimum Gasteiger partial charge on any atom is -0.508 e. The van der Waals surface area contributed by atoms with Crippen molar-refractivity contribution in [3.63, 3.8) is 0 Å². The standard InChI is InChI=1S/C18H23ClO7/c1-18(5-4-11(21)8-15(18)22)26-17-12(10-20)13(24-3)9-14(16(17)19)25-7-6-23-2/h8-9,20,22H,4-7,10H2,1-3H3/t18-/m0/s1. The van der Waals surface area contributed by atoms with Crippen LogP contribution < -0.4 is 14.2 Å². The van der Waals surface area contributed by atoms with Crippen LogP contribution in [0.15, 0.2) is 17.9 Å². The molecular formula is C18H23ClO7. The Hall–Kier alpha value is -1.96. The second-order valence-corrected chi connectivity index (χ2v) is 6.40. The number of hydrogen-bond donors (Lipinski definition) is 2. The van der Waals surface area contributed by atoms with E-state index < -0.39 is 12.2 Å². The maximum Gasteiger partial charge on any atom is 0.163 e. The Bertz CT molecular complexity index is 701. The minimum absolute atomic E-state index is 0.136. The molecule has 144 valence electrons. The van der Waals surface area contributed by atoms with Crippen LogP contribution in [0.25, 0.3) is 0 Å². The van der Waals surface area contributed by atoms with Crippen LogP contribution in [0, 0.1) is 0 Å². The number of aliphatic hydroxyl groups is 2. The topological polar surface area (TPSA) is 94.5 Å². The van der Waals surface area contributed by atoms with Crippen LogP contribution in [0.5, 0.6) is 17.2 Å². The van der Waals surface area contributed by atoms with E-state index in [4.69, 9.17) is 30.5 Å². The molecule has 1 aliphatic carbocycles. The molecule has 2 rings (SSSR count). The molecule has 0 radical (unpaired) electrons. The van der Waals surface area contributed by atoms with E-state index in [9.17, 15) is 15.0 Å². The van der Waals surface area contributed by atoms with Gasteiger partial charge in [-0.2, -0.15) is 0 Å². The van der Waals surface area contributed by atoms with E-state index in [1.54, 1.807) is 20.1 Å². The van der Waals surface area contributed by atoms with Crippen molar-refractivity contribution in [1.29, 1.82) is 0 Å². The predicted molar refractivity (Wildman–Crippen MR) is 95.3 cm³/mol. The maximum atomic E-state index is 11.5. The first-order valence-corrected chi connectivity index (χ1v) is 8.49. The molecule has 1 atom stereocenters. The van der Waals surface area contributed by atoms with E-state index >= 15 is 0 Å². The van der Waals surface area contributed by atoms with Gasteiger partial charge in [-0.25, -0.2) is 0 Å². The highest BCUT2D eigenvalue weighted by Gasteiger charge is 2.38. The van der Waals surface area contributed by atoms with Gasteiger partial charge >= 0.3 is 0 Å². The van der Waals surface area contributed by atoms with E-state index in [2.05, 4.69) is 0 Å². The summed E-state index contributed by atoms with van der Waals surface area (Å²) in [6, 6.07) is 1.55. The average Bonchev–Trinajstić information content (AvgIpc) is 2.62. The Balaban J connectivity index is 2.46. The van der Waals surface area contributed by atoms with Gasteiger partial charge in [0.25, 0.3) is 0 Å². The van der Waals surface area contributed by atoms with E-state index in [1.165, 1.54) is 7.11 Å². The van der Waals surface area contributed by atoms with Gasteiger partial charge < -0.3 is 29.2 Å². The number of aliphatic hydroxyl groups excluding tert-OH is 2. The van der Waals surface area contributed by atoms with Crippen LogP contribution >= 0.6 is 11.6 Å². The number of methoxy groups -OCH3 is 2. The molecule has 0 spiro atoms. The Kier molecular flexibility index (Phi) is 6.75. The summed E-state index contributed by atoms with van der Waals surface area (Å²) < 4.78 is 21.8. The number of rotatable bonds is 8. The first-order chi connectivity index (χ1) is 12.4. The Morgan fingerprint density at radius 3 is 2.58 bits per heavy atom. The largest absolute Gasteiger partial charge is 0.508 e. The van der Waals surface area contributed by atoms with Gasteiger partial charge in [0, 0.05) is 32.1 Å². The fourth-order valence-corrected chi connectivity index (χ4v) is 2.86. The molecule has 2 N–H and O–H groups in total. The van der Waals surface area contributed by atoms with Crippen molar-refractivity contribution in [2.45, 2.75) is 32.0 Å². The van der Waals surface area contributed by atoms with Gasteiger partial charge in [-0.3, -0.25) is 4.79 Å². The smallest absolute Gasteiger partial charge is 0.163 e. The molecule has 0 saturated carbocycles. The zero-order valence-corrected chi connectivity index (χ0v) is 15.8. The number of benzene rings is 1. The molecule has 0 aliphatic heterocycles. The number of carbonyl (C=O) groups is 1. The Labute approximate surface area is 157 Å². The van der Waals surface area contributed by atoms with Gasteiger partial charge in [0.15, 0.2) is 17.1 Å². The third kappa shape index (κ3) is 4.23. The third-order valence-electron chi connectivity index (χ3n) is 4.19. The Morgan fingerprint density at radius 1 is 1.27 bits per heavy atom. The molecule has 0 bridgehead atoms. The second-order valence-electron chi connectivity index (χ2n) is 6.03. The van der Waals surface area contributed by atoms with E-state index in [-0.39, 0.29) is 41.8 Å². The number of ether oxygens (including phenoxy) is 4. The van der Waals surface area contributed by atoms with Crippen molar-refractivity contribution in [2.75, 3.05) is 27.4 Å². The summed E-state index contributed by atoms with van der Waals surface area (Å²) in [4.78, 5) is 11.5. The van der Waals surface area contributed by atoms with Gasteiger partial charge in [-0.15, -0.1) is 0 Å². The van der Waals surface area contributed by atoms with Crippen LogP contribution in [0.3, 0.4) is 0 Å². The summed E-state index contributed by atoms with van der Waals surface area (Å²) in [5, 5.41) is 20.1. The van der Waals surface area contributed by atoms with Crippen LogP contribution in [0.4, 0.5) is 0 Å². The lowest BCUT2D eigenvalue weighted by Crippen LogP contribution is -2.38. The van der Waals surface area contributed by atoms with Gasteiger partial charge in [0.2, 0.25) is 0 Å². The lowest BCUT2D eigenvalue weighted by molar-refractivity contribution is -0.117. The van der Waals surface area contributed by atoms with Crippen LogP contribution in [-0.4, -0.2) is 49.0 Å². The first-order valence-electron chi connectivity index (χ1n) is 8.11. The van der Waals surface area contributed by atoms with Crippen molar-refractivity contribution in [2.24, 2.45) is 0 Å².